The molecule has 6 unspecified atom stereocenters. The van der Waals surface area contributed by atoms with Crippen molar-refractivity contribution in [2.45, 2.75) is 106 Å². The summed E-state index contributed by atoms with van der Waals surface area (Å²) in [6.07, 6.45) is 11.0. The Bertz CT molecular complexity index is 1020. The lowest BCUT2D eigenvalue weighted by atomic mass is 9.35. The van der Waals surface area contributed by atoms with E-state index < -0.39 is 16.8 Å². The van der Waals surface area contributed by atoms with Crippen LogP contribution in [0.25, 0.3) is 0 Å². The maximum atomic E-state index is 13.4. The Labute approximate surface area is 205 Å². The highest BCUT2D eigenvalue weighted by molar-refractivity contribution is 5.95. The van der Waals surface area contributed by atoms with E-state index in [1.807, 2.05) is 0 Å². The smallest absolute Gasteiger partial charge is 0.310 e. The molecule has 0 saturated heterocycles. The number of carbonyl (C=O) groups is 2. The van der Waals surface area contributed by atoms with Crippen molar-refractivity contribution >= 4 is 11.8 Å². The predicted molar refractivity (Wildman–Crippen MR) is 133 cm³/mol. The van der Waals surface area contributed by atoms with Crippen molar-refractivity contribution in [1.82, 2.24) is 0 Å². The summed E-state index contributed by atoms with van der Waals surface area (Å²) in [5.41, 5.74) is 0.825. The van der Waals surface area contributed by atoms with Crippen LogP contribution in [-0.2, 0) is 9.59 Å². The molecule has 0 spiro atoms. The molecule has 34 heavy (non-hydrogen) atoms. The zero-order valence-electron chi connectivity index (χ0n) is 22.3. The van der Waals surface area contributed by atoms with E-state index in [-0.39, 0.29) is 40.0 Å². The van der Waals surface area contributed by atoms with Crippen molar-refractivity contribution in [2.24, 2.45) is 44.3 Å². The zero-order valence-corrected chi connectivity index (χ0v) is 22.3. The molecule has 188 valence electrons. The summed E-state index contributed by atoms with van der Waals surface area (Å²) in [6, 6.07) is 0. The molecule has 0 heterocycles. The molecule has 4 nitrogen and oxygen atoms in total. The highest BCUT2D eigenvalue weighted by atomic mass is 16.4. The first-order chi connectivity index (χ1) is 15.6. The molecule has 0 radical (unpaired) electrons. The highest BCUT2D eigenvalue weighted by Crippen LogP contribution is 2.73. The van der Waals surface area contributed by atoms with E-state index in [0.717, 1.165) is 44.1 Å². The summed E-state index contributed by atoms with van der Waals surface area (Å²) < 4.78 is 0. The number of aliphatic hydroxyl groups is 1. The number of aliphatic hydroxyl groups excluding tert-OH is 1. The van der Waals surface area contributed by atoms with Gasteiger partial charge in [0.1, 0.15) is 5.78 Å². The SMILES string of the molecule is CC12CC[C@]3(C)C(=C1C[C@](C)(C(=O)O)CC2=O)C=CC1C2(C)CCC(O)C(C)(C)C2CCC13C. The van der Waals surface area contributed by atoms with Gasteiger partial charge in [0.2, 0.25) is 0 Å². The van der Waals surface area contributed by atoms with Crippen LogP contribution in [0.4, 0.5) is 0 Å². The van der Waals surface area contributed by atoms with Crippen LogP contribution in [0.15, 0.2) is 23.3 Å². The summed E-state index contributed by atoms with van der Waals surface area (Å²) in [6.45, 7) is 15.7. The Balaban J connectivity index is 1.67. The zero-order chi connectivity index (χ0) is 25.1. The predicted octanol–water partition coefficient (Wildman–Crippen LogP) is 6.33. The highest BCUT2D eigenvalue weighted by Gasteiger charge is 2.67. The van der Waals surface area contributed by atoms with Crippen molar-refractivity contribution in [3.05, 3.63) is 23.3 Å². The van der Waals surface area contributed by atoms with Gasteiger partial charge in [0, 0.05) is 11.8 Å². The molecule has 8 atom stereocenters. The van der Waals surface area contributed by atoms with Crippen molar-refractivity contribution in [3.8, 4) is 0 Å². The summed E-state index contributed by atoms with van der Waals surface area (Å²) >= 11 is 0. The van der Waals surface area contributed by atoms with Gasteiger partial charge in [0.15, 0.2) is 0 Å². The first-order valence-corrected chi connectivity index (χ1v) is 13.4. The van der Waals surface area contributed by atoms with Crippen LogP contribution < -0.4 is 0 Å². The molecule has 5 aliphatic rings. The number of Topliss-reactive ketones (excluding diaryl/α,β-unsaturated/α-hetero) is 1. The van der Waals surface area contributed by atoms with Gasteiger partial charge in [-0.05, 0) is 97.9 Å². The number of allylic oxidation sites excluding steroid dienone is 4. The third-order valence-electron chi connectivity index (χ3n) is 12.5. The summed E-state index contributed by atoms with van der Waals surface area (Å²) in [7, 11) is 0. The average molecular weight is 469 g/mol. The van der Waals surface area contributed by atoms with Crippen LogP contribution in [0, 0.1) is 44.3 Å². The summed E-state index contributed by atoms with van der Waals surface area (Å²) in [5, 5.41) is 20.9. The van der Waals surface area contributed by atoms with Crippen LogP contribution in [0.3, 0.4) is 0 Å². The molecule has 5 aliphatic carbocycles. The van der Waals surface area contributed by atoms with Gasteiger partial charge in [-0.3, -0.25) is 9.59 Å². The number of carbonyl (C=O) groups excluding carboxylic acids is 1. The van der Waals surface area contributed by atoms with Gasteiger partial charge >= 0.3 is 5.97 Å². The normalized spacial score (nSPS) is 51.8. The van der Waals surface area contributed by atoms with Gasteiger partial charge in [0.05, 0.1) is 11.5 Å². The largest absolute Gasteiger partial charge is 0.481 e. The molecule has 3 fully saturated rings. The Kier molecular flexibility index (Phi) is 4.90. The lowest BCUT2D eigenvalue weighted by molar-refractivity contribution is -0.182. The monoisotopic (exact) mass is 468 g/mol. The molecule has 0 aromatic heterocycles. The van der Waals surface area contributed by atoms with E-state index in [1.165, 1.54) is 5.57 Å². The number of ketones is 1. The number of hydrogen-bond acceptors (Lipinski definition) is 3. The number of rotatable bonds is 1. The van der Waals surface area contributed by atoms with Gasteiger partial charge in [-0.1, -0.05) is 52.3 Å². The maximum absolute atomic E-state index is 13.4. The number of carboxylic acid groups (broad SMARTS) is 1. The first-order valence-electron chi connectivity index (χ1n) is 13.4. The Morgan fingerprint density at radius 3 is 2.26 bits per heavy atom. The van der Waals surface area contributed by atoms with E-state index in [4.69, 9.17) is 0 Å². The van der Waals surface area contributed by atoms with Gasteiger partial charge in [-0.25, -0.2) is 0 Å². The fourth-order valence-corrected chi connectivity index (χ4v) is 9.77. The second-order valence-electron chi connectivity index (χ2n) is 14.4. The van der Waals surface area contributed by atoms with Gasteiger partial charge in [-0.2, -0.15) is 0 Å². The molecule has 2 N–H and O–H groups in total. The quantitative estimate of drug-likeness (QED) is 0.471. The Morgan fingerprint density at radius 2 is 1.62 bits per heavy atom. The second kappa shape index (κ2) is 6.87. The molecule has 0 aromatic rings. The lowest BCUT2D eigenvalue weighted by Gasteiger charge is -2.69. The Hall–Kier alpha value is -1.42. The Morgan fingerprint density at radius 1 is 0.941 bits per heavy atom. The minimum atomic E-state index is -1.02. The number of fused-ring (bicyclic) bond motifs is 6. The number of aliphatic carboxylic acids is 1. The van der Waals surface area contributed by atoms with Crippen LogP contribution >= 0.6 is 0 Å². The molecular formula is C30H44O4. The standard InChI is InChI=1S/C30H44O4/c1-25(2)20-10-13-30(7)21(28(20,5)12-11-22(25)31)9-8-18-19-16-26(3,24(33)34)17-23(32)27(19,4)14-15-29(18,30)6/h8-9,20-22,31H,10-17H2,1-7H3,(H,33,34)/t20?,21?,22?,26-,27?,28?,29+,30?/m0/s1. The van der Waals surface area contributed by atoms with Gasteiger partial charge in [0.25, 0.3) is 0 Å². The van der Waals surface area contributed by atoms with Crippen LogP contribution in [0.1, 0.15) is 99.8 Å². The second-order valence-corrected chi connectivity index (χ2v) is 14.4. The van der Waals surface area contributed by atoms with E-state index in [0.29, 0.717) is 18.3 Å². The van der Waals surface area contributed by atoms with Crippen LogP contribution in [0.2, 0.25) is 0 Å². The third-order valence-corrected chi connectivity index (χ3v) is 12.5. The molecule has 4 heteroatoms. The molecule has 0 aromatic carbocycles. The van der Waals surface area contributed by atoms with Crippen LogP contribution in [-0.4, -0.2) is 28.1 Å². The molecule has 0 aliphatic heterocycles. The fraction of sp³-hybridized carbons (Fsp3) is 0.800. The molecule has 3 saturated carbocycles. The minimum absolute atomic E-state index is 0.0507. The van der Waals surface area contributed by atoms with Crippen molar-refractivity contribution in [3.63, 3.8) is 0 Å². The fourth-order valence-electron chi connectivity index (χ4n) is 9.77. The molecular weight excluding hydrogens is 424 g/mol. The van der Waals surface area contributed by atoms with E-state index in [9.17, 15) is 19.8 Å². The maximum Gasteiger partial charge on any atom is 0.310 e. The van der Waals surface area contributed by atoms with Gasteiger partial charge in [-0.15, -0.1) is 0 Å². The third kappa shape index (κ3) is 2.70. The van der Waals surface area contributed by atoms with Crippen molar-refractivity contribution in [2.75, 3.05) is 0 Å². The summed E-state index contributed by atoms with van der Waals surface area (Å²) in [5.74, 6) is 0.134. The number of hydrogen-bond donors (Lipinski definition) is 2. The molecule has 0 amide bonds. The van der Waals surface area contributed by atoms with E-state index in [1.54, 1.807) is 6.92 Å². The van der Waals surface area contributed by atoms with Crippen molar-refractivity contribution < 1.29 is 19.8 Å². The summed E-state index contributed by atoms with van der Waals surface area (Å²) in [4.78, 5) is 25.6. The van der Waals surface area contributed by atoms with Gasteiger partial charge < -0.3 is 10.2 Å². The lowest BCUT2D eigenvalue weighted by Crippen LogP contribution is -2.63. The number of carboxylic acids is 1. The van der Waals surface area contributed by atoms with Crippen molar-refractivity contribution in [1.29, 1.82) is 0 Å². The first kappa shape index (κ1) is 24.3. The topological polar surface area (TPSA) is 74.6 Å². The average Bonchev–Trinajstić information content (AvgIpc) is 2.73. The van der Waals surface area contributed by atoms with Crippen LogP contribution in [0.5, 0.6) is 0 Å². The van der Waals surface area contributed by atoms with E-state index >= 15 is 0 Å². The minimum Gasteiger partial charge on any atom is -0.481 e. The van der Waals surface area contributed by atoms with E-state index in [2.05, 4.69) is 53.7 Å². The molecule has 0 bridgehead atoms. The molecule has 5 rings (SSSR count).